The van der Waals surface area contributed by atoms with E-state index in [9.17, 15) is 0 Å². The number of likely N-dealkylation sites (N-methyl/N-ethyl adjacent to an activating group) is 1. The van der Waals surface area contributed by atoms with E-state index in [0.717, 1.165) is 37.2 Å². The van der Waals surface area contributed by atoms with Crippen LogP contribution in [0.25, 0.3) is 0 Å². The van der Waals surface area contributed by atoms with Gasteiger partial charge in [0.05, 0.1) is 14.2 Å². The van der Waals surface area contributed by atoms with E-state index in [-0.39, 0.29) is 0 Å². The second-order valence-electron chi connectivity index (χ2n) is 5.77. The molecule has 1 aromatic carbocycles. The predicted octanol–water partition coefficient (Wildman–Crippen LogP) is 2.67. The van der Waals surface area contributed by atoms with E-state index in [0.29, 0.717) is 0 Å². The van der Waals surface area contributed by atoms with Crippen LogP contribution in [0, 0.1) is 0 Å². The van der Waals surface area contributed by atoms with E-state index < -0.39 is 0 Å². The SMILES string of the molecule is COc1ccc(CNCCN(C)C2CCCC2)c(OC)c1. The molecular formula is C17H28N2O2. The van der Waals surface area contributed by atoms with Crippen molar-refractivity contribution in [3.05, 3.63) is 23.8 Å². The first-order valence-electron chi connectivity index (χ1n) is 7.86. The van der Waals surface area contributed by atoms with Crippen LogP contribution in [0.4, 0.5) is 0 Å². The maximum absolute atomic E-state index is 5.42. The van der Waals surface area contributed by atoms with Gasteiger partial charge in [-0.15, -0.1) is 0 Å². The highest BCUT2D eigenvalue weighted by Gasteiger charge is 2.18. The lowest BCUT2D eigenvalue weighted by atomic mass is 10.2. The van der Waals surface area contributed by atoms with Gasteiger partial charge < -0.3 is 19.7 Å². The Kier molecular flexibility index (Phi) is 6.33. The molecule has 0 heterocycles. The van der Waals surface area contributed by atoms with E-state index in [1.54, 1.807) is 14.2 Å². The van der Waals surface area contributed by atoms with Crippen LogP contribution in [0.3, 0.4) is 0 Å². The predicted molar refractivity (Wildman–Crippen MR) is 86.1 cm³/mol. The average Bonchev–Trinajstić information content (AvgIpc) is 3.05. The number of nitrogens with zero attached hydrogens (tertiary/aromatic N) is 1. The quantitative estimate of drug-likeness (QED) is 0.747. The third kappa shape index (κ3) is 4.61. The number of ether oxygens (including phenoxy) is 2. The van der Waals surface area contributed by atoms with Gasteiger partial charge >= 0.3 is 0 Å². The van der Waals surface area contributed by atoms with Crippen LogP contribution in [0.15, 0.2) is 18.2 Å². The molecule has 0 unspecified atom stereocenters. The molecule has 1 saturated carbocycles. The zero-order chi connectivity index (χ0) is 15.1. The standard InChI is InChI=1S/C17H28N2O2/c1-19(15-6-4-5-7-15)11-10-18-13-14-8-9-16(20-2)12-17(14)21-3/h8-9,12,15,18H,4-7,10-11,13H2,1-3H3. The topological polar surface area (TPSA) is 33.7 Å². The molecule has 1 aliphatic rings. The largest absolute Gasteiger partial charge is 0.497 e. The van der Waals surface area contributed by atoms with Gasteiger partial charge in [0.1, 0.15) is 11.5 Å². The summed E-state index contributed by atoms with van der Waals surface area (Å²) < 4.78 is 10.6. The molecule has 2 rings (SSSR count). The molecule has 0 radical (unpaired) electrons. The third-order valence-electron chi connectivity index (χ3n) is 4.40. The highest BCUT2D eigenvalue weighted by atomic mass is 16.5. The summed E-state index contributed by atoms with van der Waals surface area (Å²) in [5.74, 6) is 1.71. The smallest absolute Gasteiger partial charge is 0.127 e. The maximum atomic E-state index is 5.42. The van der Waals surface area contributed by atoms with Crippen molar-refractivity contribution in [1.82, 2.24) is 10.2 Å². The second-order valence-corrected chi connectivity index (χ2v) is 5.77. The summed E-state index contributed by atoms with van der Waals surface area (Å²) in [5.41, 5.74) is 1.17. The lowest BCUT2D eigenvalue weighted by molar-refractivity contribution is 0.245. The molecule has 21 heavy (non-hydrogen) atoms. The molecule has 0 atom stereocenters. The van der Waals surface area contributed by atoms with Crippen LogP contribution in [-0.4, -0.2) is 45.3 Å². The van der Waals surface area contributed by atoms with Gasteiger partial charge in [0.15, 0.2) is 0 Å². The molecule has 1 fully saturated rings. The van der Waals surface area contributed by atoms with Crippen molar-refractivity contribution >= 4 is 0 Å². The number of nitrogens with one attached hydrogen (secondary N) is 1. The summed E-state index contributed by atoms with van der Waals surface area (Å²) >= 11 is 0. The van der Waals surface area contributed by atoms with Gasteiger partial charge in [-0.05, 0) is 26.0 Å². The third-order valence-corrected chi connectivity index (χ3v) is 4.40. The fourth-order valence-electron chi connectivity index (χ4n) is 3.00. The van der Waals surface area contributed by atoms with Gasteiger partial charge in [0.25, 0.3) is 0 Å². The van der Waals surface area contributed by atoms with Crippen molar-refractivity contribution in [2.24, 2.45) is 0 Å². The Balaban J connectivity index is 1.75. The highest BCUT2D eigenvalue weighted by Crippen LogP contribution is 2.24. The van der Waals surface area contributed by atoms with E-state index in [1.807, 2.05) is 12.1 Å². The van der Waals surface area contributed by atoms with Crippen molar-refractivity contribution in [1.29, 1.82) is 0 Å². The first kappa shape index (κ1) is 16.1. The van der Waals surface area contributed by atoms with Gasteiger partial charge in [-0.1, -0.05) is 18.9 Å². The summed E-state index contributed by atoms with van der Waals surface area (Å²) in [6.07, 6.45) is 5.52. The summed E-state index contributed by atoms with van der Waals surface area (Å²) in [7, 11) is 5.61. The van der Waals surface area contributed by atoms with E-state index in [4.69, 9.17) is 9.47 Å². The minimum absolute atomic E-state index is 0.794. The Morgan fingerprint density at radius 2 is 1.95 bits per heavy atom. The van der Waals surface area contributed by atoms with Crippen LogP contribution < -0.4 is 14.8 Å². The first-order chi connectivity index (χ1) is 10.2. The number of hydrogen-bond acceptors (Lipinski definition) is 4. The minimum atomic E-state index is 0.794. The number of hydrogen-bond donors (Lipinski definition) is 1. The maximum Gasteiger partial charge on any atom is 0.127 e. The molecule has 0 aromatic heterocycles. The Hall–Kier alpha value is -1.26. The molecule has 4 nitrogen and oxygen atoms in total. The van der Waals surface area contributed by atoms with Gasteiger partial charge in [-0.2, -0.15) is 0 Å². The molecule has 1 aliphatic carbocycles. The minimum Gasteiger partial charge on any atom is -0.497 e. The van der Waals surface area contributed by atoms with Crippen LogP contribution in [0.1, 0.15) is 31.2 Å². The normalized spacial score (nSPS) is 15.6. The highest BCUT2D eigenvalue weighted by molar-refractivity contribution is 5.40. The van der Waals surface area contributed by atoms with E-state index in [1.165, 1.54) is 31.2 Å². The molecule has 1 N–H and O–H groups in total. The van der Waals surface area contributed by atoms with Crippen molar-refractivity contribution in [3.8, 4) is 11.5 Å². The van der Waals surface area contributed by atoms with Crippen LogP contribution in [-0.2, 0) is 6.54 Å². The molecule has 0 amide bonds. The molecule has 0 aliphatic heterocycles. The summed E-state index contributed by atoms with van der Waals surface area (Å²) in [6, 6.07) is 6.76. The Morgan fingerprint density at radius 3 is 2.62 bits per heavy atom. The molecule has 4 heteroatoms. The van der Waals surface area contributed by atoms with Crippen molar-refractivity contribution in [3.63, 3.8) is 0 Å². The fraction of sp³-hybridized carbons (Fsp3) is 0.647. The zero-order valence-electron chi connectivity index (χ0n) is 13.5. The molecule has 0 saturated heterocycles. The lowest BCUT2D eigenvalue weighted by Crippen LogP contribution is -2.35. The number of rotatable bonds is 8. The molecule has 118 valence electrons. The van der Waals surface area contributed by atoms with Crippen LogP contribution >= 0.6 is 0 Å². The van der Waals surface area contributed by atoms with E-state index in [2.05, 4.69) is 23.3 Å². The first-order valence-corrected chi connectivity index (χ1v) is 7.86. The zero-order valence-corrected chi connectivity index (χ0v) is 13.5. The van der Waals surface area contributed by atoms with Crippen molar-refractivity contribution in [2.75, 3.05) is 34.4 Å². The second kappa shape index (κ2) is 8.25. The van der Waals surface area contributed by atoms with Crippen LogP contribution in [0.2, 0.25) is 0 Å². The van der Waals surface area contributed by atoms with Crippen molar-refractivity contribution < 1.29 is 9.47 Å². The summed E-state index contributed by atoms with van der Waals surface area (Å²) in [4.78, 5) is 2.49. The van der Waals surface area contributed by atoms with Gasteiger partial charge in [0, 0.05) is 37.3 Å². The lowest BCUT2D eigenvalue weighted by Gasteiger charge is -2.24. The molecule has 0 spiro atoms. The van der Waals surface area contributed by atoms with Crippen molar-refractivity contribution in [2.45, 2.75) is 38.3 Å². The van der Waals surface area contributed by atoms with E-state index >= 15 is 0 Å². The molecule has 0 bridgehead atoms. The Morgan fingerprint density at radius 1 is 1.19 bits per heavy atom. The fourth-order valence-corrected chi connectivity index (χ4v) is 3.00. The Bertz CT molecular complexity index is 431. The number of methoxy groups -OCH3 is 2. The van der Waals surface area contributed by atoms with Gasteiger partial charge in [-0.3, -0.25) is 0 Å². The number of benzene rings is 1. The van der Waals surface area contributed by atoms with Gasteiger partial charge in [0.2, 0.25) is 0 Å². The average molecular weight is 292 g/mol. The van der Waals surface area contributed by atoms with Gasteiger partial charge in [-0.25, -0.2) is 0 Å². The molecular weight excluding hydrogens is 264 g/mol. The molecule has 1 aromatic rings. The van der Waals surface area contributed by atoms with Crippen LogP contribution in [0.5, 0.6) is 11.5 Å². The summed E-state index contributed by atoms with van der Waals surface area (Å²) in [6.45, 7) is 2.93. The summed E-state index contributed by atoms with van der Waals surface area (Å²) in [5, 5.41) is 3.51. The monoisotopic (exact) mass is 292 g/mol. The Labute approximate surface area is 128 Å².